The lowest BCUT2D eigenvalue weighted by Crippen LogP contribution is -2.35. The van der Waals surface area contributed by atoms with Crippen molar-refractivity contribution in [1.29, 1.82) is 0 Å². The molecule has 0 aromatic heterocycles. The summed E-state index contributed by atoms with van der Waals surface area (Å²) in [4.78, 5) is 12.3. The van der Waals surface area contributed by atoms with E-state index >= 15 is 0 Å². The van der Waals surface area contributed by atoms with Gasteiger partial charge in [-0.2, -0.15) is 0 Å². The molecule has 1 aromatic carbocycles. The lowest BCUT2D eigenvalue weighted by molar-refractivity contribution is -0.123. The van der Waals surface area contributed by atoms with Crippen molar-refractivity contribution in [2.24, 2.45) is 5.92 Å². The molecule has 0 aliphatic heterocycles. The third kappa shape index (κ3) is 3.21. The summed E-state index contributed by atoms with van der Waals surface area (Å²) in [5.74, 6) is 1.00. The first-order chi connectivity index (χ1) is 9.81. The predicted molar refractivity (Wildman–Crippen MR) is 78.5 cm³/mol. The first-order valence-corrected chi connectivity index (χ1v) is 7.73. The molecule has 2 fully saturated rings. The predicted octanol–water partition coefficient (Wildman–Crippen LogP) is 2.65. The van der Waals surface area contributed by atoms with E-state index in [1.165, 1.54) is 12.8 Å². The van der Waals surface area contributed by atoms with Crippen LogP contribution in [-0.2, 0) is 14.9 Å². The maximum Gasteiger partial charge on any atom is 0.230 e. The summed E-state index contributed by atoms with van der Waals surface area (Å²) in [7, 11) is 0. The summed E-state index contributed by atoms with van der Waals surface area (Å²) in [6.45, 7) is 2.38. The second-order valence-electron chi connectivity index (χ2n) is 6.08. The van der Waals surface area contributed by atoms with Crippen molar-refractivity contribution >= 4 is 5.91 Å². The number of hydrogen-bond donors (Lipinski definition) is 1. The largest absolute Gasteiger partial charge is 0.381 e. The molecule has 2 aliphatic carbocycles. The second-order valence-corrected chi connectivity index (χ2v) is 6.08. The maximum absolute atomic E-state index is 12.3. The van der Waals surface area contributed by atoms with Crippen LogP contribution in [0.3, 0.4) is 0 Å². The van der Waals surface area contributed by atoms with E-state index in [1.54, 1.807) is 0 Å². The maximum atomic E-state index is 12.3. The molecule has 0 saturated heterocycles. The van der Waals surface area contributed by atoms with Gasteiger partial charge in [-0.15, -0.1) is 0 Å². The molecule has 0 radical (unpaired) electrons. The van der Waals surface area contributed by atoms with Crippen molar-refractivity contribution in [3.63, 3.8) is 0 Å². The van der Waals surface area contributed by atoms with Gasteiger partial charge < -0.3 is 10.1 Å². The van der Waals surface area contributed by atoms with Crippen molar-refractivity contribution in [3.8, 4) is 0 Å². The smallest absolute Gasteiger partial charge is 0.230 e. The van der Waals surface area contributed by atoms with E-state index in [0.29, 0.717) is 0 Å². The van der Waals surface area contributed by atoms with Crippen LogP contribution < -0.4 is 5.32 Å². The Kier molecular flexibility index (Phi) is 4.06. The van der Waals surface area contributed by atoms with Crippen LogP contribution in [0.25, 0.3) is 0 Å². The fraction of sp³-hybridized carbons (Fsp3) is 0.588. The van der Waals surface area contributed by atoms with Gasteiger partial charge in [0.25, 0.3) is 0 Å². The quantitative estimate of drug-likeness (QED) is 0.739. The third-order valence-corrected chi connectivity index (χ3v) is 4.31. The van der Waals surface area contributed by atoms with Crippen LogP contribution in [-0.4, -0.2) is 25.7 Å². The Labute approximate surface area is 120 Å². The highest BCUT2D eigenvalue weighted by Gasteiger charge is 2.50. The van der Waals surface area contributed by atoms with Crippen molar-refractivity contribution in [2.45, 2.75) is 37.5 Å². The minimum Gasteiger partial charge on any atom is -0.381 e. The molecule has 0 atom stereocenters. The van der Waals surface area contributed by atoms with Crippen LogP contribution in [0, 0.1) is 5.92 Å². The highest BCUT2D eigenvalue weighted by atomic mass is 16.5. The van der Waals surface area contributed by atoms with Crippen LogP contribution in [0.15, 0.2) is 30.3 Å². The molecule has 3 nitrogen and oxygen atoms in total. The molecule has 3 heteroatoms. The molecule has 0 unspecified atom stereocenters. The zero-order valence-corrected chi connectivity index (χ0v) is 11.9. The van der Waals surface area contributed by atoms with Gasteiger partial charge in [0.05, 0.1) is 5.41 Å². The van der Waals surface area contributed by atoms with Gasteiger partial charge in [0, 0.05) is 19.8 Å². The summed E-state index contributed by atoms with van der Waals surface area (Å²) in [5, 5.41) is 3.07. The molecular formula is C17H23NO2. The number of benzene rings is 1. The van der Waals surface area contributed by atoms with E-state index in [4.69, 9.17) is 4.74 Å². The first-order valence-electron chi connectivity index (χ1n) is 7.73. The van der Waals surface area contributed by atoms with E-state index < -0.39 is 0 Å². The van der Waals surface area contributed by atoms with Gasteiger partial charge in [0.15, 0.2) is 0 Å². The monoisotopic (exact) mass is 273 g/mol. The zero-order chi connectivity index (χ0) is 13.8. The number of nitrogens with one attached hydrogen (secondary N) is 1. The Morgan fingerprint density at radius 2 is 2.00 bits per heavy atom. The number of carbonyl (C=O) groups is 1. The van der Waals surface area contributed by atoms with Crippen molar-refractivity contribution in [3.05, 3.63) is 35.9 Å². The SMILES string of the molecule is O=C(NCCCOCC1CC1)C1(c2ccccc2)CC1. The minimum absolute atomic E-state index is 0.186. The summed E-state index contributed by atoms with van der Waals surface area (Å²) in [6, 6.07) is 10.1. The Morgan fingerprint density at radius 1 is 1.25 bits per heavy atom. The van der Waals surface area contributed by atoms with E-state index in [9.17, 15) is 4.79 Å². The molecule has 1 aromatic rings. The Morgan fingerprint density at radius 3 is 2.65 bits per heavy atom. The van der Waals surface area contributed by atoms with Crippen LogP contribution in [0.2, 0.25) is 0 Å². The van der Waals surface area contributed by atoms with E-state index in [2.05, 4.69) is 17.4 Å². The van der Waals surface area contributed by atoms with Crippen LogP contribution >= 0.6 is 0 Å². The van der Waals surface area contributed by atoms with Crippen LogP contribution in [0.5, 0.6) is 0 Å². The summed E-state index contributed by atoms with van der Waals surface area (Å²) >= 11 is 0. The lowest BCUT2D eigenvalue weighted by atomic mass is 9.95. The topological polar surface area (TPSA) is 38.3 Å². The summed E-state index contributed by atoms with van der Waals surface area (Å²) < 4.78 is 5.57. The number of carbonyl (C=O) groups excluding carboxylic acids is 1. The molecule has 20 heavy (non-hydrogen) atoms. The van der Waals surface area contributed by atoms with Gasteiger partial charge in [0.1, 0.15) is 0 Å². The van der Waals surface area contributed by atoms with Gasteiger partial charge in [0.2, 0.25) is 5.91 Å². The zero-order valence-electron chi connectivity index (χ0n) is 11.9. The number of amides is 1. The summed E-state index contributed by atoms with van der Waals surface area (Å²) in [5.41, 5.74) is 0.915. The Balaban J connectivity index is 1.38. The first kappa shape index (κ1) is 13.6. The van der Waals surface area contributed by atoms with Gasteiger partial charge >= 0.3 is 0 Å². The molecule has 0 bridgehead atoms. The van der Waals surface area contributed by atoms with Gasteiger partial charge in [-0.25, -0.2) is 0 Å². The molecule has 1 N–H and O–H groups in total. The molecule has 2 aliphatic rings. The van der Waals surface area contributed by atoms with Crippen molar-refractivity contribution in [1.82, 2.24) is 5.32 Å². The number of ether oxygens (including phenoxy) is 1. The lowest BCUT2D eigenvalue weighted by Gasteiger charge is -2.15. The average Bonchev–Trinajstić information content (AvgIpc) is 3.38. The van der Waals surface area contributed by atoms with Crippen molar-refractivity contribution in [2.75, 3.05) is 19.8 Å². The van der Waals surface area contributed by atoms with E-state index in [1.807, 2.05) is 18.2 Å². The van der Waals surface area contributed by atoms with E-state index in [0.717, 1.165) is 50.5 Å². The number of hydrogen-bond acceptors (Lipinski definition) is 2. The summed E-state index contributed by atoms with van der Waals surface area (Å²) in [6.07, 6.45) is 5.51. The molecule has 2 saturated carbocycles. The van der Waals surface area contributed by atoms with Crippen LogP contribution in [0.4, 0.5) is 0 Å². The third-order valence-electron chi connectivity index (χ3n) is 4.31. The Hall–Kier alpha value is -1.35. The highest BCUT2D eigenvalue weighted by Crippen LogP contribution is 2.48. The van der Waals surface area contributed by atoms with Crippen molar-refractivity contribution < 1.29 is 9.53 Å². The molecule has 3 rings (SSSR count). The fourth-order valence-electron chi connectivity index (χ4n) is 2.61. The standard InChI is InChI=1S/C17H23NO2/c19-16(18-11-4-12-20-13-14-7-8-14)17(9-10-17)15-5-2-1-3-6-15/h1-3,5-6,14H,4,7-13H2,(H,18,19). The second kappa shape index (κ2) is 5.96. The van der Waals surface area contributed by atoms with Gasteiger partial charge in [-0.1, -0.05) is 30.3 Å². The van der Waals surface area contributed by atoms with Crippen LogP contribution in [0.1, 0.15) is 37.7 Å². The van der Waals surface area contributed by atoms with Gasteiger partial charge in [-0.05, 0) is 43.6 Å². The molecule has 1 amide bonds. The Bertz CT molecular complexity index is 449. The fourth-order valence-corrected chi connectivity index (χ4v) is 2.61. The average molecular weight is 273 g/mol. The number of rotatable bonds is 8. The molecule has 108 valence electrons. The highest BCUT2D eigenvalue weighted by molar-refractivity contribution is 5.91. The van der Waals surface area contributed by atoms with Gasteiger partial charge in [-0.3, -0.25) is 4.79 Å². The molecular weight excluding hydrogens is 250 g/mol. The van der Waals surface area contributed by atoms with E-state index in [-0.39, 0.29) is 11.3 Å². The molecule has 0 spiro atoms. The normalized spacial score (nSPS) is 19.6. The molecule has 0 heterocycles. The minimum atomic E-state index is -0.240.